The first-order valence-corrected chi connectivity index (χ1v) is 8.59. The summed E-state index contributed by atoms with van der Waals surface area (Å²) in [5, 5.41) is 8.14. The van der Waals surface area contributed by atoms with Crippen LogP contribution in [0.1, 0.15) is 23.1 Å². The van der Waals surface area contributed by atoms with Crippen LogP contribution in [-0.4, -0.2) is 28.8 Å². The smallest absolute Gasteiger partial charge is 0.301 e. The van der Waals surface area contributed by atoms with Gasteiger partial charge < -0.3 is 5.01 Å². The summed E-state index contributed by atoms with van der Waals surface area (Å²) in [5.41, 5.74) is -2.73. The Labute approximate surface area is 172 Å². The number of alkyl halides is 6. The molecular formula is C18H16F6N6O. The Hall–Kier alpha value is -3.35. The average molecular weight is 446 g/mol. The number of amides is 1. The first-order chi connectivity index (χ1) is 14.4. The Morgan fingerprint density at radius 2 is 1.61 bits per heavy atom. The molecule has 0 bridgehead atoms. The van der Waals surface area contributed by atoms with Crippen molar-refractivity contribution < 1.29 is 31.1 Å². The number of aromatic nitrogens is 1. The monoisotopic (exact) mass is 446 g/mol. The third-order valence-corrected chi connectivity index (χ3v) is 3.67. The molecule has 1 heterocycles. The van der Waals surface area contributed by atoms with Crippen LogP contribution in [0.4, 0.5) is 32.0 Å². The van der Waals surface area contributed by atoms with Gasteiger partial charge in [-0.05, 0) is 35.9 Å². The van der Waals surface area contributed by atoms with Crippen molar-refractivity contribution in [3.05, 3.63) is 59.4 Å². The zero-order valence-corrected chi connectivity index (χ0v) is 15.7. The molecule has 31 heavy (non-hydrogen) atoms. The van der Waals surface area contributed by atoms with Gasteiger partial charge >= 0.3 is 12.4 Å². The number of rotatable bonds is 7. The third-order valence-electron chi connectivity index (χ3n) is 3.67. The molecule has 2 rings (SSSR count). The van der Waals surface area contributed by atoms with E-state index in [0.717, 1.165) is 11.3 Å². The highest BCUT2D eigenvalue weighted by molar-refractivity contribution is 5.77. The van der Waals surface area contributed by atoms with Gasteiger partial charge in [-0.2, -0.15) is 26.3 Å². The predicted molar refractivity (Wildman–Crippen MR) is 97.9 cm³/mol. The Balaban J connectivity index is 1.94. The number of nitrogens with two attached hydrogens (primary N) is 1. The minimum atomic E-state index is -4.94. The van der Waals surface area contributed by atoms with Crippen molar-refractivity contribution in [2.75, 3.05) is 6.54 Å². The summed E-state index contributed by atoms with van der Waals surface area (Å²) in [6.45, 7) is -0.523. The summed E-state index contributed by atoms with van der Waals surface area (Å²) in [5.74, 6) is 4.99. The van der Waals surface area contributed by atoms with Crippen LogP contribution in [0.2, 0.25) is 0 Å². The topological polar surface area (TPSA) is 96.3 Å². The Morgan fingerprint density at radius 3 is 2.16 bits per heavy atom. The van der Waals surface area contributed by atoms with E-state index in [9.17, 15) is 31.1 Å². The van der Waals surface area contributed by atoms with Crippen LogP contribution in [0.15, 0.2) is 57.9 Å². The lowest BCUT2D eigenvalue weighted by Crippen LogP contribution is -2.31. The molecule has 1 aromatic heterocycles. The third kappa shape index (κ3) is 8.12. The van der Waals surface area contributed by atoms with Gasteiger partial charge in [0.1, 0.15) is 0 Å². The fraction of sp³-hybridized carbons (Fsp3) is 0.278. The summed E-state index contributed by atoms with van der Waals surface area (Å²) in [6.07, 6.45) is -6.08. The van der Waals surface area contributed by atoms with Crippen LogP contribution in [0.3, 0.4) is 0 Å². The maximum Gasteiger partial charge on any atom is 0.416 e. The summed E-state index contributed by atoms with van der Waals surface area (Å²) in [4.78, 5) is 19.2. The second-order valence-electron chi connectivity index (χ2n) is 6.16. The molecule has 0 saturated carbocycles. The molecule has 7 nitrogen and oxygen atoms in total. The van der Waals surface area contributed by atoms with Crippen molar-refractivity contribution in [2.24, 2.45) is 21.1 Å². The molecule has 0 aliphatic carbocycles. The van der Waals surface area contributed by atoms with Gasteiger partial charge in [0, 0.05) is 25.4 Å². The van der Waals surface area contributed by atoms with Gasteiger partial charge in [0.25, 0.3) is 5.91 Å². The second kappa shape index (κ2) is 10.1. The lowest BCUT2D eigenvalue weighted by molar-refractivity contribution is -0.143. The lowest BCUT2D eigenvalue weighted by Gasteiger charge is -2.14. The van der Waals surface area contributed by atoms with Crippen molar-refractivity contribution in [1.82, 2.24) is 9.99 Å². The first kappa shape index (κ1) is 23.9. The molecule has 0 fully saturated rings. The minimum Gasteiger partial charge on any atom is -0.301 e. The van der Waals surface area contributed by atoms with E-state index in [4.69, 9.17) is 5.84 Å². The standard InChI is InChI=1S/C18H16F6N6O/c19-17(20,21)13-7-12(8-14(9-13)18(22,23)24)10-27-11-30(25)6-3-16(31)29-28-15-1-4-26-5-2-15/h1-2,4-5,7-9,11H,3,6,10,25H2. The van der Waals surface area contributed by atoms with Gasteiger partial charge in [0.05, 0.1) is 29.7 Å². The maximum absolute atomic E-state index is 12.8. The molecule has 1 amide bonds. The number of pyridine rings is 1. The molecule has 0 unspecified atom stereocenters. The molecular weight excluding hydrogens is 430 g/mol. The van der Waals surface area contributed by atoms with Crippen LogP contribution < -0.4 is 5.84 Å². The predicted octanol–water partition coefficient (Wildman–Crippen LogP) is 4.52. The molecule has 0 aliphatic rings. The average Bonchev–Trinajstić information content (AvgIpc) is 2.70. The van der Waals surface area contributed by atoms with Gasteiger partial charge in [-0.25, -0.2) is 5.84 Å². The van der Waals surface area contributed by atoms with E-state index in [0.29, 0.717) is 17.8 Å². The van der Waals surface area contributed by atoms with Gasteiger partial charge in [-0.1, -0.05) is 0 Å². The number of hydrogen-bond donors (Lipinski definition) is 1. The van der Waals surface area contributed by atoms with E-state index in [2.05, 4.69) is 20.2 Å². The molecule has 0 spiro atoms. The lowest BCUT2D eigenvalue weighted by atomic mass is 10.0. The SMILES string of the molecule is NN(C=NCc1cc(C(F)(F)F)cc(C(F)(F)F)c1)CCC(=O)N=Nc1ccncc1. The summed E-state index contributed by atoms with van der Waals surface area (Å²) in [6, 6.07) is 4.27. The van der Waals surface area contributed by atoms with Crippen LogP contribution in [0.25, 0.3) is 0 Å². The summed E-state index contributed by atoms with van der Waals surface area (Å²) < 4.78 is 77.1. The number of carbonyl (C=O) groups excluding carboxylic acids is 1. The number of nitrogens with zero attached hydrogens (tertiary/aromatic N) is 5. The largest absolute Gasteiger partial charge is 0.416 e. The molecule has 0 radical (unpaired) electrons. The van der Waals surface area contributed by atoms with Crippen LogP contribution >= 0.6 is 0 Å². The van der Waals surface area contributed by atoms with Crippen LogP contribution in [-0.2, 0) is 23.7 Å². The zero-order chi connectivity index (χ0) is 23.1. The van der Waals surface area contributed by atoms with E-state index >= 15 is 0 Å². The number of benzene rings is 1. The zero-order valence-electron chi connectivity index (χ0n) is 15.7. The molecule has 166 valence electrons. The molecule has 0 atom stereocenters. The molecule has 0 aliphatic heterocycles. The fourth-order valence-electron chi connectivity index (χ4n) is 2.22. The molecule has 2 N–H and O–H groups in total. The second-order valence-corrected chi connectivity index (χ2v) is 6.16. The Kier molecular flexibility index (Phi) is 7.80. The number of halogens is 6. The minimum absolute atomic E-state index is 0.0363. The number of aliphatic imine (C=N–C) groups is 1. The van der Waals surface area contributed by atoms with Crippen molar-refractivity contribution >= 4 is 17.9 Å². The van der Waals surface area contributed by atoms with E-state index in [1.165, 1.54) is 24.5 Å². The van der Waals surface area contributed by atoms with Crippen molar-refractivity contribution in [3.8, 4) is 0 Å². The highest BCUT2D eigenvalue weighted by atomic mass is 19.4. The van der Waals surface area contributed by atoms with Crippen molar-refractivity contribution in [3.63, 3.8) is 0 Å². The van der Waals surface area contributed by atoms with Gasteiger partial charge in [0.15, 0.2) is 0 Å². The van der Waals surface area contributed by atoms with Gasteiger partial charge in [0.2, 0.25) is 0 Å². The number of hydrogen-bond acceptors (Lipinski definition) is 5. The molecule has 1 aromatic carbocycles. The molecule has 13 heteroatoms. The van der Waals surface area contributed by atoms with E-state index in [1.807, 2.05) is 0 Å². The van der Waals surface area contributed by atoms with E-state index < -0.39 is 35.9 Å². The number of azo groups is 1. The fourth-order valence-corrected chi connectivity index (χ4v) is 2.22. The van der Waals surface area contributed by atoms with Gasteiger partial charge in [-0.3, -0.25) is 14.8 Å². The maximum atomic E-state index is 12.8. The molecule has 2 aromatic rings. The van der Waals surface area contributed by atoms with E-state index in [1.54, 1.807) is 0 Å². The quantitative estimate of drug-likeness (QED) is 0.169. The van der Waals surface area contributed by atoms with Gasteiger partial charge in [-0.15, -0.1) is 10.2 Å². The van der Waals surface area contributed by atoms with Crippen molar-refractivity contribution in [2.45, 2.75) is 25.3 Å². The number of carbonyl (C=O) groups is 1. The normalized spacial score (nSPS) is 12.6. The highest BCUT2D eigenvalue weighted by Crippen LogP contribution is 2.36. The summed E-state index contributed by atoms with van der Waals surface area (Å²) >= 11 is 0. The Morgan fingerprint density at radius 1 is 1.03 bits per heavy atom. The van der Waals surface area contributed by atoms with Crippen LogP contribution in [0.5, 0.6) is 0 Å². The van der Waals surface area contributed by atoms with E-state index in [-0.39, 0.29) is 24.6 Å². The first-order valence-electron chi connectivity index (χ1n) is 8.59. The Bertz CT molecular complexity index is 911. The van der Waals surface area contributed by atoms with Crippen molar-refractivity contribution in [1.29, 1.82) is 0 Å². The number of hydrazine groups is 1. The summed E-state index contributed by atoms with van der Waals surface area (Å²) in [7, 11) is 0. The van der Waals surface area contributed by atoms with Crippen LogP contribution in [0, 0.1) is 0 Å². The highest BCUT2D eigenvalue weighted by Gasteiger charge is 2.36. The molecule has 0 saturated heterocycles.